The number of benzene rings is 1. The molecular weight excluding hydrogens is 370 g/mol. The summed E-state index contributed by atoms with van der Waals surface area (Å²) in [5.74, 6) is 3.12. The average Bonchev–Trinajstić information content (AvgIpc) is 3.39. The summed E-state index contributed by atoms with van der Waals surface area (Å²) in [6.45, 7) is 4.54. The molecule has 1 aliphatic heterocycles. The summed E-state index contributed by atoms with van der Waals surface area (Å²) in [5.41, 5.74) is 1.97. The average molecular weight is 394 g/mol. The second-order valence-corrected chi connectivity index (χ2v) is 7.23. The van der Waals surface area contributed by atoms with Gasteiger partial charge in [0.25, 0.3) is 0 Å². The van der Waals surface area contributed by atoms with Crippen LogP contribution >= 0.6 is 12.2 Å². The van der Waals surface area contributed by atoms with Crippen LogP contribution in [0.25, 0.3) is 11.3 Å². The second kappa shape index (κ2) is 8.39. The van der Waals surface area contributed by atoms with E-state index in [-0.39, 0.29) is 0 Å². The van der Waals surface area contributed by atoms with E-state index in [1.165, 1.54) is 12.8 Å². The molecular formula is C21H23N5OS. The van der Waals surface area contributed by atoms with Crippen molar-refractivity contribution in [3.63, 3.8) is 0 Å². The van der Waals surface area contributed by atoms with Crippen LogP contribution in [0, 0.1) is 6.92 Å². The number of furan rings is 1. The molecule has 0 radical (unpaired) electrons. The molecule has 0 bridgehead atoms. The third-order valence-corrected chi connectivity index (χ3v) is 4.89. The van der Waals surface area contributed by atoms with E-state index in [9.17, 15) is 0 Å². The normalized spacial score (nSPS) is 13.5. The van der Waals surface area contributed by atoms with E-state index in [1.54, 1.807) is 0 Å². The third kappa shape index (κ3) is 4.48. The number of anilines is 2. The van der Waals surface area contributed by atoms with Crippen LogP contribution in [0.15, 0.2) is 52.9 Å². The maximum atomic E-state index is 5.89. The van der Waals surface area contributed by atoms with E-state index >= 15 is 0 Å². The van der Waals surface area contributed by atoms with E-state index in [0.717, 1.165) is 41.7 Å². The van der Waals surface area contributed by atoms with Gasteiger partial charge >= 0.3 is 0 Å². The minimum Gasteiger partial charge on any atom is -0.459 e. The van der Waals surface area contributed by atoms with E-state index in [2.05, 4.69) is 25.5 Å². The van der Waals surface area contributed by atoms with Gasteiger partial charge in [-0.1, -0.05) is 30.3 Å². The van der Waals surface area contributed by atoms with Gasteiger partial charge in [0.05, 0.1) is 6.54 Å². The van der Waals surface area contributed by atoms with Gasteiger partial charge in [-0.05, 0) is 44.1 Å². The van der Waals surface area contributed by atoms with E-state index in [1.807, 2.05) is 55.5 Å². The number of thiocarbonyl (C=S) groups is 1. The largest absolute Gasteiger partial charge is 0.459 e. The summed E-state index contributed by atoms with van der Waals surface area (Å²) in [7, 11) is 0. The molecule has 0 spiro atoms. The summed E-state index contributed by atoms with van der Waals surface area (Å²) in [5, 5.41) is 6.71. The molecule has 2 aromatic heterocycles. The van der Waals surface area contributed by atoms with Crippen LogP contribution < -0.4 is 15.5 Å². The highest BCUT2D eigenvalue weighted by Gasteiger charge is 2.15. The molecule has 0 atom stereocenters. The number of rotatable bonds is 5. The number of aryl methyl sites for hydroxylation is 1. The molecule has 3 aromatic rings. The Morgan fingerprint density at radius 3 is 2.68 bits per heavy atom. The second-order valence-electron chi connectivity index (χ2n) is 6.82. The summed E-state index contributed by atoms with van der Waals surface area (Å²) in [4.78, 5) is 11.3. The fourth-order valence-corrected chi connectivity index (χ4v) is 3.42. The van der Waals surface area contributed by atoms with Gasteiger partial charge in [0, 0.05) is 30.4 Å². The quantitative estimate of drug-likeness (QED) is 0.632. The van der Waals surface area contributed by atoms with Gasteiger partial charge in [-0.15, -0.1) is 0 Å². The number of hydrogen-bond donors (Lipinski definition) is 2. The van der Waals surface area contributed by atoms with Crippen molar-refractivity contribution in [1.29, 1.82) is 0 Å². The van der Waals surface area contributed by atoms with Crippen LogP contribution in [0.3, 0.4) is 0 Å². The summed E-state index contributed by atoms with van der Waals surface area (Å²) >= 11 is 5.40. The van der Waals surface area contributed by atoms with Crippen molar-refractivity contribution in [2.75, 3.05) is 23.3 Å². The molecule has 6 nitrogen and oxygen atoms in total. The van der Waals surface area contributed by atoms with Crippen molar-refractivity contribution in [3.8, 4) is 11.3 Å². The van der Waals surface area contributed by atoms with Gasteiger partial charge in [-0.2, -0.15) is 4.98 Å². The van der Waals surface area contributed by atoms with Gasteiger partial charge in [0.1, 0.15) is 17.3 Å². The first-order valence-electron chi connectivity index (χ1n) is 9.47. The van der Waals surface area contributed by atoms with Gasteiger partial charge in [-0.3, -0.25) is 0 Å². The first-order chi connectivity index (χ1) is 13.7. The summed E-state index contributed by atoms with van der Waals surface area (Å²) in [6.07, 6.45) is 2.42. The minimum absolute atomic E-state index is 0.468. The lowest BCUT2D eigenvalue weighted by Crippen LogP contribution is -2.29. The molecule has 4 rings (SSSR count). The molecule has 0 unspecified atom stereocenters. The molecule has 28 heavy (non-hydrogen) atoms. The number of aromatic nitrogens is 2. The highest BCUT2D eigenvalue weighted by Crippen LogP contribution is 2.22. The van der Waals surface area contributed by atoms with Crippen molar-refractivity contribution in [1.82, 2.24) is 15.3 Å². The predicted molar refractivity (Wildman–Crippen MR) is 115 cm³/mol. The van der Waals surface area contributed by atoms with Crippen molar-refractivity contribution in [2.24, 2.45) is 0 Å². The zero-order valence-corrected chi connectivity index (χ0v) is 16.6. The molecule has 3 heterocycles. The van der Waals surface area contributed by atoms with Crippen LogP contribution in [0.2, 0.25) is 0 Å². The van der Waals surface area contributed by atoms with Gasteiger partial charge in [0.15, 0.2) is 5.11 Å². The third-order valence-electron chi connectivity index (χ3n) is 4.64. The molecule has 0 amide bonds. The standard InChI is InChI=1S/C21H23N5OS/c1-15-13-19(26-11-5-6-12-26)24-20(23-15)25-21(28)22-14-17-9-10-18(27-17)16-7-3-2-4-8-16/h2-4,7-10,13H,5-6,11-12,14H2,1H3,(H2,22,23,24,25,28). The van der Waals surface area contributed by atoms with Crippen molar-refractivity contribution in [2.45, 2.75) is 26.3 Å². The highest BCUT2D eigenvalue weighted by molar-refractivity contribution is 7.80. The van der Waals surface area contributed by atoms with E-state index in [4.69, 9.17) is 16.6 Å². The van der Waals surface area contributed by atoms with E-state index in [0.29, 0.717) is 17.6 Å². The fourth-order valence-electron chi connectivity index (χ4n) is 3.26. The van der Waals surface area contributed by atoms with Crippen molar-refractivity contribution >= 4 is 29.1 Å². The molecule has 1 fully saturated rings. The lowest BCUT2D eigenvalue weighted by atomic mass is 10.2. The van der Waals surface area contributed by atoms with Crippen LogP contribution in [-0.4, -0.2) is 28.2 Å². The van der Waals surface area contributed by atoms with Crippen molar-refractivity contribution < 1.29 is 4.42 Å². The minimum atomic E-state index is 0.468. The predicted octanol–water partition coefficient (Wildman–Crippen LogP) is 4.13. The molecule has 1 saturated heterocycles. The SMILES string of the molecule is Cc1cc(N2CCCC2)nc(NC(=S)NCc2ccc(-c3ccccc3)o2)n1. The van der Waals surface area contributed by atoms with Gasteiger partial charge < -0.3 is 20.0 Å². The Bertz CT molecular complexity index is 950. The fraction of sp³-hybridized carbons (Fsp3) is 0.286. The Balaban J connectivity index is 1.35. The highest BCUT2D eigenvalue weighted by atomic mass is 32.1. The van der Waals surface area contributed by atoms with Crippen LogP contribution in [0.1, 0.15) is 24.3 Å². The monoisotopic (exact) mass is 393 g/mol. The maximum Gasteiger partial charge on any atom is 0.231 e. The van der Waals surface area contributed by atoms with Crippen LogP contribution in [0.4, 0.5) is 11.8 Å². The lowest BCUT2D eigenvalue weighted by molar-refractivity contribution is 0.516. The molecule has 7 heteroatoms. The zero-order valence-electron chi connectivity index (χ0n) is 15.8. The van der Waals surface area contributed by atoms with Gasteiger partial charge in [-0.25, -0.2) is 4.98 Å². The maximum absolute atomic E-state index is 5.89. The van der Waals surface area contributed by atoms with Crippen LogP contribution in [0.5, 0.6) is 0 Å². The number of nitrogens with zero attached hydrogens (tertiary/aromatic N) is 3. The molecule has 2 N–H and O–H groups in total. The Morgan fingerprint density at radius 2 is 1.89 bits per heavy atom. The summed E-state index contributed by atoms with van der Waals surface area (Å²) in [6, 6.07) is 16.0. The Kier molecular flexibility index (Phi) is 5.53. The number of nitrogens with one attached hydrogen (secondary N) is 2. The Labute approximate surface area is 170 Å². The first kappa shape index (κ1) is 18.4. The smallest absolute Gasteiger partial charge is 0.231 e. The molecule has 1 aliphatic rings. The molecule has 0 aliphatic carbocycles. The van der Waals surface area contributed by atoms with Crippen molar-refractivity contribution in [3.05, 3.63) is 60.0 Å². The molecule has 144 valence electrons. The summed E-state index contributed by atoms with van der Waals surface area (Å²) < 4.78 is 5.89. The molecule has 0 saturated carbocycles. The molecule has 1 aromatic carbocycles. The first-order valence-corrected chi connectivity index (χ1v) is 9.88. The topological polar surface area (TPSA) is 66.2 Å². The Hall–Kier alpha value is -2.93. The zero-order chi connectivity index (χ0) is 19.3. The van der Waals surface area contributed by atoms with E-state index < -0.39 is 0 Å². The van der Waals surface area contributed by atoms with Crippen LogP contribution in [-0.2, 0) is 6.54 Å². The van der Waals surface area contributed by atoms with Gasteiger partial charge in [0.2, 0.25) is 5.95 Å². The lowest BCUT2D eigenvalue weighted by Gasteiger charge is -2.18. The Morgan fingerprint density at radius 1 is 1.11 bits per heavy atom. The number of hydrogen-bond acceptors (Lipinski definition) is 5.